The van der Waals surface area contributed by atoms with Crippen LogP contribution in [-0.2, 0) is 0 Å². The van der Waals surface area contributed by atoms with Crippen LogP contribution in [0.2, 0.25) is 0 Å². The average molecular weight is 152 g/mol. The topological polar surface area (TPSA) is 0 Å². The van der Waals surface area contributed by atoms with Crippen LogP contribution in [0.3, 0.4) is 0 Å². The van der Waals surface area contributed by atoms with Crippen LogP contribution >= 0.6 is 0 Å². The number of allylic oxidation sites excluding steroid dienone is 2. The normalized spacial score (nSPS) is 42.5. The van der Waals surface area contributed by atoms with Gasteiger partial charge >= 0.3 is 0 Å². The van der Waals surface area contributed by atoms with Crippen molar-refractivity contribution in [2.75, 3.05) is 0 Å². The van der Waals surface area contributed by atoms with Crippen molar-refractivity contribution in [1.82, 2.24) is 0 Å². The van der Waals surface area contributed by atoms with Crippen LogP contribution in [-0.4, -0.2) is 0 Å². The predicted octanol–water partition coefficient (Wildman–Crippen LogP) is 3.49. The van der Waals surface area contributed by atoms with E-state index in [9.17, 15) is 0 Å². The third-order valence-electron chi connectivity index (χ3n) is 3.62. The maximum atomic E-state index is 2.38. The molecule has 11 heavy (non-hydrogen) atoms. The van der Waals surface area contributed by atoms with Gasteiger partial charge in [0.15, 0.2) is 0 Å². The van der Waals surface area contributed by atoms with Crippen molar-refractivity contribution in [2.24, 2.45) is 23.2 Å². The minimum absolute atomic E-state index is 0.409. The van der Waals surface area contributed by atoms with Crippen LogP contribution in [0.15, 0.2) is 12.2 Å². The molecule has 0 aromatic rings. The average Bonchev–Trinajstić information content (AvgIpc) is 1.95. The molecule has 3 atom stereocenters. The van der Waals surface area contributed by atoms with Crippen molar-refractivity contribution >= 4 is 0 Å². The lowest BCUT2D eigenvalue weighted by atomic mass is 9.66. The van der Waals surface area contributed by atoms with Gasteiger partial charge in [0.2, 0.25) is 0 Å². The highest BCUT2D eigenvalue weighted by Gasteiger charge is 2.32. The minimum atomic E-state index is 0.409. The van der Waals surface area contributed by atoms with Gasteiger partial charge in [-0.15, -0.1) is 0 Å². The first-order chi connectivity index (χ1) is 4.95. The molecule has 0 N–H and O–H groups in total. The molecule has 0 spiro atoms. The summed E-state index contributed by atoms with van der Waals surface area (Å²) in [6, 6.07) is 0. The van der Waals surface area contributed by atoms with Crippen molar-refractivity contribution in [1.29, 1.82) is 0 Å². The summed E-state index contributed by atoms with van der Waals surface area (Å²) in [5.41, 5.74) is 0.409. The maximum absolute atomic E-state index is 2.38. The number of hydrogen-bond acceptors (Lipinski definition) is 0. The summed E-state index contributed by atoms with van der Waals surface area (Å²) in [5, 5.41) is 0. The maximum Gasteiger partial charge on any atom is -0.0146 e. The van der Waals surface area contributed by atoms with Crippen molar-refractivity contribution in [3.63, 3.8) is 0 Å². The summed E-state index contributed by atoms with van der Waals surface area (Å²) in [4.78, 5) is 0. The summed E-state index contributed by atoms with van der Waals surface area (Å²) in [6.45, 7) is 11.7. The van der Waals surface area contributed by atoms with E-state index in [-0.39, 0.29) is 0 Å². The Morgan fingerprint density at radius 2 is 1.64 bits per heavy atom. The van der Waals surface area contributed by atoms with Crippen molar-refractivity contribution in [3.8, 4) is 0 Å². The first-order valence-electron chi connectivity index (χ1n) is 4.64. The fraction of sp³-hybridized carbons (Fsp3) is 0.818. The van der Waals surface area contributed by atoms with Gasteiger partial charge in [-0.2, -0.15) is 0 Å². The zero-order valence-corrected chi connectivity index (χ0v) is 8.39. The molecule has 0 heterocycles. The number of rotatable bonds is 0. The molecule has 0 bridgehead atoms. The molecule has 3 unspecified atom stereocenters. The van der Waals surface area contributed by atoms with Gasteiger partial charge in [-0.3, -0.25) is 0 Å². The second-order valence-corrected chi connectivity index (χ2v) is 4.69. The second-order valence-electron chi connectivity index (χ2n) is 4.69. The fourth-order valence-electron chi connectivity index (χ4n) is 1.86. The molecule has 0 fully saturated rings. The minimum Gasteiger partial charge on any atom is -0.0849 e. The van der Waals surface area contributed by atoms with E-state index >= 15 is 0 Å². The van der Waals surface area contributed by atoms with Crippen LogP contribution in [0.25, 0.3) is 0 Å². The zero-order valence-electron chi connectivity index (χ0n) is 8.39. The molecule has 0 aromatic heterocycles. The van der Waals surface area contributed by atoms with E-state index in [4.69, 9.17) is 0 Å². The van der Waals surface area contributed by atoms with E-state index in [2.05, 4.69) is 46.8 Å². The summed E-state index contributed by atoms with van der Waals surface area (Å²) in [7, 11) is 0. The molecular weight excluding hydrogens is 132 g/mol. The van der Waals surface area contributed by atoms with Crippen molar-refractivity contribution in [3.05, 3.63) is 12.2 Å². The van der Waals surface area contributed by atoms with Gasteiger partial charge in [0, 0.05) is 0 Å². The standard InChI is InChI=1S/C11H20/c1-8-6-7-11(4,5)10(3)9(8)2/h6-10H,1-5H3. The van der Waals surface area contributed by atoms with Gasteiger partial charge in [-0.05, 0) is 23.2 Å². The van der Waals surface area contributed by atoms with E-state index in [1.807, 2.05) is 0 Å². The molecule has 1 aliphatic carbocycles. The molecule has 64 valence electrons. The largest absolute Gasteiger partial charge is 0.0849 e. The Morgan fingerprint density at radius 3 is 2.09 bits per heavy atom. The SMILES string of the molecule is CC1C=CC(C)(C)C(C)C1C. The molecule has 1 aliphatic rings. The molecule has 0 amide bonds. The van der Waals surface area contributed by atoms with Crippen molar-refractivity contribution in [2.45, 2.75) is 34.6 Å². The lowest BCUT2D eigenvalue weighted by molar-refractivity contribution is 0.170. The van der Waals surface area contributed by atoms with Crippen LogP contribution in [0.5, 0.6) is 0 Å². The van der Waals surface area contributed by atoms with Crippen LogP contribution in [0.4, 0.5) is 0 Å². The zero-order chi connectivity index (χ0) is 8.65. The molecule has 0 radical (unpaired) electrons. The highest BCUT2D eigenvalue weighted by atomic mass is 14.4. The van der Waals surface area contributed by atoms with Gasteiger partial charge < -0.3 is 0 Å². The van der Waals surface area contributed by atoms with E-state index in [0.717, 1.165) is 17.8 Å². The Bertz CT molecular complexity index is 165. The smallest absolute Gasteiger partial charge is 0.0146 e. The number of hydrogen-bond donors (Lipinski definition) is 0. The van der Waals surface area contributed by atoms with E-state index < -0.39 is 0 Å². The van der Waals surface area contributed by atoms with E-state index in [1.54, 1.807) is 0 Å². The fourth-order valence-corrected chi connectivity index (χ4v) is 1.86. The molecule has 1 rings (SSSR count). The summed E-state index contributed by atoms with van der Waals surface area (Å²) >= 11 is 0. The van der Waals surface area contributed by atoms with Gasteiger partial charge in [0.25, 0.3) is 0 Å². The summed E-state index contributed by atoms with van der Waals surface area (Å²) in [6.07, 6.45) is 4.74. The monoisotopic (exact) mass is 152 g/mol. The lowest BCUT2D eigenvalue weighted by Crippen LogP contribution is -2.31. The van der Waals surface area contributed by atoms with Gasteiger partial charge in [0.05, 0.1) is 0 Å². The molecular formula is C11H20. The Hall–Kier alpha value is -0.260. The lowest BCUT2D eigenvalue weighted by Gasteiger charge is -2.39. The first kappa shape index (κ1) is 8.83. The van der Waals surface area contributed by atoms with Crippen LogP contribution < -0.4 is 0 Å². The Labute approximate surface area is 70.7 Å². The molecule has 0 aliphatic heterocycles. The summed E-state index contributed by atoms with van der Waals surface area (Å²) in [5.74, 6) is 2.40. The van der Waals surface area contributed by atoms with Crippen LogP contribution in [0, 0.1) is 23.2 Å². The quantitative estimate of drug-likeness (QED) is 0.466. The predicted molar refractivity (Wildman–Crippen MR) is 50.4 cm³/mol. The van der Waals surface area contributed by atoms with Gasteiger partial charge in [-0.25, -0.2) is 0 Å². The van der Waals surface area contributed by atoms with Gasteiger partial charge in [-0.1, -0.05) is 46.8 Å². The molecule has 0 saturated carbocycles. The van der Waals surface area contributed by atoms with E-state index in [0.29, 0.717) is 5.41 Å². The third kappa shape index (κ3) is 1.50. The Balaban J connectivity index is 2.85. The highest BCUT2D eigenvalue weighted by molar-refractivity contribution is 5.06. The molecule has 0 nitrogen and oxygen atoms in total. The molecule has 0 heteroatoms. The summed E-state index contributed by atoms with van der Waals surface area (Å²) < 4.78 is 0. The molecule has 0 saturated heterocycles. The molecule has 0 aromatic carbocycles. The second kappa shape index (κ2) is 2.66. The van der Waals surface area contributed by atoms with Gasteiger partial charge in [0.1, 0.15) is 0 Å². The third-order valence-corrected chi connectivity index (χ3v) is 3.62. The first-order valence-corrected chi connectivity index (χ1v) is 4.64. The Morgan fingerprint density at radius 1 is 1.09 bits per heavy atom. The highest BCUT2D eigenvalue weighted by Crippen LogP contribution is 2.41. The Kier molecular flexibility index (Phi) is 2.13. The van der Waals surface area contributed by atoms with E-state index in [1.165, 1.54) is 0 Å². The van der Waals surface area contributed by atoms with Crippen LogP contribution in [0.1, 0.15) is 34.6 Å². The van der Waals surface area contributed by atoms with Crippen molar-refractivity contribution < 1.29 is 0 Å².